The molecule has 4 rings (SSSR count). The predicted molar refractivity (Wildman–Crippen MR) is 102 cm³/mol. The smallest absolute Gasteiger partial charge is 0.120 e. The summed E-state index contributed by atoms with van der Waals surface area (Å²) in [6.45, 7) is 4.05. The Morgan fingerprint density at radius 1 is 0.962 bits per heavy atom. The van der Waals surface area contributed by atoms with Crippen LogP contribution in [0.2, 0.25) is 0 Å². The average Bonchev–Trinajstić information content (AvgIpc) is 3.28. The molecular weight excluding hydrogens is 324 g/mol. The summed E-state index contributed by atoms with van der Waals surface area (Å²) in [6.07, 6.45) is 3.52. The first-order valence-electron chi connectivity index (χ1n) is 8.57. The Kier molecular flexibility index (Phi) is 4.05. The summed E-state index contributed by atoms with van der Waals surface area (Å²) in [5.74, 6) is 0.277. The Bertz CT molecular complexity index is 1030. The number of para-hydroxylation sites is 1. The highest BCUT2D eigenvalue weighted by Gasteiger charge is 2.23. The Morgan fingerprint density at radius 2 is 1.69 bits per heavy atom. The molecule has 0 saturated carbocycles. The molecule has 0 amide bonds. The van der Waals surface area contributed by atoms with Crippen molar-refractivity contribution in [2.24, 2.45) is 0 Å². The molecule has 0 aliphatic rings. The minimum absolute atomic E-state index is 0.0905. The number of nitrogens with zero attached hydrogens (tertiary/aromatic N) is 3. The van der Waals surface area contributed by atoms with E-state index < -0.39 is 0 Å². The number of imidazole rings is 2. The summed E-state index contributed by atoms with van der Waals surface area (Å²) in [5.41, 5.74) is 5.54. The molecule has 0 aliphatic heterocycles. The molecule has 2 N–H and O–H groups in total. The number of nitrogens with one attached hydrogen (secondary N) is 1. The lowest BCUT2D eigenvalue weighted by Crippen LogP contribution is -2.08. The SMILES string of the molecule is Cc1[nH]cnc1-c1c(-c2ccccc2)ncn1C(C)c1ccccc1O. The van der Waals surface area contributed by atoms with Crippen LogP contribution in [0.15, 0.2) is 67.3 Å². The molecule has 130 valence electrons. The van der Waals surface area contributed by atoms with Crippen LogP contribution in [0.5, 0.6) is 5.75 Å². The topological polar surface area (TPSA) is 66.7 Å². The van der Waals surface area contributed by atoms with E-state index in [1.54, 1.807) is 12.4 Å². The van der Waals surface area contributed by atoms with E-state index in [2.05, 4.69) is 26.4 Å². The summed E-state index contributed by atoms with van der Waals surface area (Å²) in [7, 11) is 0. The fourth-order valence-electron chi connectivity index (χ4n) is 3.28. The van der Waals surface area contributed by atoms with Crippen LogP contribution in [0.3, 0.4) is 0 Å². The number of phenols is 1. The normalized spacial score (nSPS) is 12.2. The number of hydrogen-bond donors (Lipinski definition) is 2. The molecule has 5 nitrogen and oxygen atoms in total. The van der Waals surface area contributed by atoms with Gasteiger partial charge >= 0.3 is 0 Å². The minimum Gasteiger partial charge on any atom is -0.508 e. The lowest BCUT2D eigenvalue weighted by Gasteiger charge is -2.18. The number of phenolic OH excluding ortho intramolecular Hbond substituents is 1. The van der Waals surface area contributed by atoms with E-state index in [4.69, 9.17) is 0 Å². The third kappa shape index (κ3) is 2.67. The molecule has 1 unspecified atom stereocenters. The second kappa shape index (κ2) is 6.52. The number of aryl methyl sites for hydroxylation is 1. The van der Waals surface area contributed by atoms with Crippen molar-refractivity contribution in [1.82, 2.24) is 19.5 Å². The molecule has 5 heteroatoms. The molecule has 0 spiro atoms. The minimum atomic E-state index is -0.0905. The fraction of sp³-hybridized carbons (Fsp3) is 0.143. The number of rotatable bonds is 4. The van der Waals surface area contributed by atoms with Crippen molar-refractivity contribution in [3.05, 3.63) is 78.5 Å². The zero-order valence-corrected chi connectivity index (χ0v) is 14.7. The standard InChI is InChI=1S/C21H20N4O/c1-14-19(23-12-22-14)21-20(16-8-4-3-5-9-16)24-13-25(21)15(2)17-10-6-7-11-18(17)26/h3-13,15,26H,1-2H3,(H,22,23). The van der Waals surface area contributed by atoms with Crippen molar-refractivity contribution in [3.63, 3.8) is 0 Å². The van der Waals surface area contributed by atoms with Crippen LogP contribution >= 0.6 is 0 Å². The molecule has 0 radical (unpaired) electrons. The third-order valence-corrected chi connectivity index (χ3v) is 4.70. The van der Waals surface area contributed by atoms with Crippen LogP contribution in [0.25, 0.3) is 22.6 Å². The maximum absolute atomic E-state index is 10.3. The first-order valence-corrected chi connectivity index (χ1v) is 8.57. The summed E-state index contributed by atoms with van der Waals surface area (Å²) >= 11 is 0. The van der Waals surface area contributed by atoms with Gasteiger partial charge < -0.3 is 14.7 Å². The first kappa shape index (κ1) is 16.1. The predicted octanol–water partition coefficient (Wildman–Crippen LogP) is 4.56. The lowest BCUT2D eigenvalue weighted by atomic mass is 10.0. The van der Waals surface area contributed by atoms with Crippen LogP contribution in [-0.2, 0) is 0 Å². The molecule has 2 aromatic heterocycles. The van der Waals surface area contributed by atoms with Crippen LogP contribution in [0.4, 0.5) is 0 Å². The molecular formula is C21H20N4O. The number of H-pyrrole nitrogens is 1. The van der Waals surface area contributed by atoms with Gasteiger partial charge in [0, 0.05) is 16.8 Å². The van der Waals surface area contributed by atoms with Crippen LogP contribution < -0.4 is 0 Å². The summed E-state index contributed by atoms with van der Waals surface area (Å²) in [6, 6.07) is 17.4. The van der Waals surface area contributed by atoms with Crippen molar-refractivity contribution in [2.75, 3.05) is 0 Å². The maximum atomic E-state index is 10.3. The number of hydrogen-bond acceptors (Lipinski definition) is 3. The van der Waals surface area contributed by atoms with Crippen LogP contribution in [0, 0.1) is 6.92 Å². The Labute approximate surface area is 152 Å². The highest BCUT2D eigenvalue weighted by atomic mass is 16.3. The number of benzene rings is 2. The van der Waals surface area contributed by atoms with Gasteiger partial charge in [0.1, 0.15) is 11.4 Å². The molecule has 0 fully saturated rings. The van der Waals surface area contributed by atoms with Crippen LogP contribution in [0.1, 0.15) is 24.2 Å². The second-order valence-corrected chi connectivity index (χ2v) is 6.33. The fourth-order valence-corrected chi connectivity index (χ4v) is 3.28. The van der Waals surface area contributed by atoms with Gasteiger partial charge in [0.15, 0.2) is 0 Å². The molecule has 0 saturated heterocycles. The Morgan fingerprint density at radius 3 is 2.38 bits per heavy atom. The van der Waals surface area contributed by atoms with E-state index in [1.165, 1.54) is 0 Å². The van der Waals surface area contributed by atoms with Crippen LogP contribution in [-0.4, -0.2) is 24.6 Å². The zero-order chi connectivity index (χ0) is 18.1. The first-order chi connectivity index (χ1) is 12.7. The Hall–Kier alpha value is -3.34. The maximum Gasteiger partial charge on any atom is 0.120 e. The molecule has 0 aliphatic carbocycles. The number of aromatic amines is 1. The van der Waals surface area contributed by atoms with Gasteiger partial charge in [-0.2, -0.15) is 0 Å². The lowest BCUT2D eigenvalue weighted by molar-refractivity contribution is 0.457. The molecule has 1 atom stereocenters. The molecule has 2 heterocycles. The van der Waals surface area contributed by atoms with Crippen molar-refractivity contribution in [2.45, 2.75) is 19.9 Å². The summed E-state index contributed by atoms with van der Waals surface area (Å²) < 4.78 is 2.07. The molecule has 2 aromatic carbocycles. The summed E-state index contributed by atoms with van der Waals surface area (Å²) in [5, 5.41) is 10.3. The quantitative estimate of drug-likeness (QED) is 0.570. The van der Waals surface area contributed by atoms with E-state index >= 15 is 0 Å². The van der Waals surface area contributed by atoms with Gasteiger partial charge in [-0.25, -0.2) is 9.97 Å². The van der Waals surface area contributed by atoms with E-state index in [0.29, 0.717) is 0 Å². The van der Waals surface area contributed by atoms with Gasteiger partial charge in [-0.15, -0.1) is 0 Å². The van der Waals surface area contributed by atoms with Crippen molar-refractivity contribution in [3.8, 4) is 28.4 Å². The van der Waals surface area contributed by atoms with Crippen molar-refractivity contribution < 1.29 is 5.11 Å². The molecule has 0 bridgehead atoms. The largest absolute Gasteiger partial charge is 0.508 e. The van der Waals surface area contributed by atoms with Gasteiger partial charge in [-0.05, 0) is 19.9 Å². The van der Waals surface area contributed by atoms with E-state index in [0.717, 1.165) is 33.9 Å². The summed E-state index contributed by atoms with van der Waals surface area (Å²) in [4.78, 5) is 12.4. The highest BCUT2D eigenvalue weighted by molar-refractivity contribution is 5.78. The monoisotopic (exact) mass is 344 g/mol. The van der Waals surface area contributed by atoms with Crippen molar-refractivity contribution >= 4 is 0 Å². The van der Waals surface area contributed by atoms with Gasteiger partial charge in [0.25, 0.3) is 0 Å². The van der Waals surface area contributed by atoms with Gasteiger partial charge in [0.2, 0.25) is 0 Å². The van der Waals surface area contributed by atoms with E-state index in [1.807, 2.05) is 61.8 Å². The third-order valence-electron chi connectivity index (χ3n) is 4.70. The van der Waals surface area contributed by atoms with Gasteiger partial charge in [-0.1, -0.05) is 48.5 Å². The van der Waals surface area contributed by atoms with E-state index in [9.17, 15) is 5.11 Å². The number of aromatic hydroxyl groups is 1. The zero-order valence-electron chi connectivity index (χ0n) is 14.7. The second-order valence-electron chi connectivity index (χ2n) is 6.33. The Balaban J connectivity index is 1.93. The van der Waals surface area contributed by atoms with Gasteiger partial charge in [0.05, 0.1) is 30.1 Å². The van der Waals surface area contributed by atoms with E-state index in [-0.39, 0.29) is 11.8 Å². The highest BCUT2D eigenvalue weighted by Crippen LogP contribution is 2.36. The van der Waals surface area contributed by atoms with Gasteiger partial charge in [-0.3, -0.25) is 0 Å². The molecule has 4 aromatic rings. The average molecular weight is 344 g/mol. The van der Waals surface area contributed by atoms with Crippen molar-refractivity contribution in [1.29, 1.82) is 0 Å². The number of aromatic nitrogens is 4. The molecule has 26 heavy (non-hydrogen) atoms.